The third-order valence-electron chi connectivity index (χ3n) is 2.76. The van der Waals surface area contributed by atoms with Gasteiger partial charge in [-0.25, -0.2) is 0 Å². The molecule has 0 radical (unpaired) electrons. The van der Waals surface area contributed by atoms with Crippen LogP contribution in [0.15, 0.2) is 41.1 Å². The number of nitrogens with zero attached hydrogens (tertiary/aromatic N) is 4. The van der Waals surface area contributed by atoms with E-state index in [1.807, 2.05) is 41.1 Å². The molecule has 5 nitrogen and oxygen atoms in total. The Labute approximate surface area is 114 Å². The summed E-state index contributed by atoms with van der Waals surface area (Å²) in [6.07, 6.45) is 0. The molecule has 2 heterocycles. The SMILES string of the molecule is OCc1ccc(Cn2nnc(-c3ccsc3)n2)cc1. The van der Waals surface area contributed by atoms with Crippen LogP contribution in [0.2, 0.25) is 0 Å². The zero-order valence-corrected chi connectivity index (χ0v) is 10.9. The average Bonchev–Trinajstić information content (AvgIpc) is 3.10. The molecule has 96 valence electrons. The van der Waals surface area contributed by atoms with Gasteiger partial charge < -0.3 is 5.11 Å². The molecular weight excluding hydrogens is 260 g/mol. The number of hydrogen-bond acceptors (Lipinski definition) is 5. The first kappa shape index (κ1) is 12.0. The van der Waals surface area contributed by atoms with E-state index in [1.54, 1.807) is 16.1 Å². The Morgan fingerprint density at radius 1 is 1.11 bits per heavy atom. The van der Waals surface area contributed by atoms with Gasteiger partial charge in [-0.05, 0) is 27.8 Å². The molecule has 0 aliphatic carbocycles. The summed E-state index contributed by atoms with van der Waals surface area (Å²) in [7, 11) is 0. The number of aliphatic hydroxyl groups excluding tert-OH is 1. The van der Waals surface area contributed by atoms with Crippen molar-refractivity contribution >= 4 is 11.3 Å². The molecule has 3 aromatic rings. The summed E-state index contributed by atoms with van der Waals surface area (Å²) >= 11 is 1.61. The van der Waals surface area contributed by atoms with Crippen LogP contribution in [0.1, 0.15) is 11.1 Å². The molecule has 0 saturated carbocycles. The molecule has 0 aliphatic heterocycles. The molecule has 1 N–H and O–H groups in total. The molecule has 0 amide bonds. The average molecular weight is 272 g/mol. The predicted octanol–water partition coefficient (Wildman–Crippen LogP) is 1.94. The van der Waals surface area contributed by atoms with Crippen molar-refractivity contribution in [3.8, 4) is 11.4 Å². The second-order valence-electron chi connectivity index (χ2n) is 4.13. The number of hydrogen-bond donors (Lipinski definition) is 1. The standard InChI is InChI=1S/C13H12N4OS/c18-8-11-3-1-10(2-4-11)7-17-15-13(14-16-17)12-5-6-19-9-12/h1-6,9,18H,7-8H2. The maximum Gasteiger partial charge on any atom is 0.205 e. The Hall–Kier alpha value is -2.05. The number of thiophene rings is 1. The van der Waals surface area contributed by atoms with E-state index in [4.69, 9.17) is 5.11 Å². The summed E-state index contributed by atoms with van der Waals surface area (Å²) in [6.45, 7) is 0.632. The number of aromatic nitrogens is 4. The third-order valence-corrected chi connectivity index (χ3v) is 3.44. The third kappa shape index (κ3) is 2.69. The van der Waals surface area contributed by atoms with Crippen molar-refractivity contribution < 1.29 is 5.11 Å². The Bertz CT molecular complexity index is 646. The van der Waals surface area contributed by atoms with Gasteiger partial charge in [-0.3, -0.25) is 0 Å². The van der Waals surface area contributed by atoms with E-state index in [9.17, 15) is 0 Å². The Balaban J connectivity index is 1.76. The van der Waals surface area contributed by atoms with Crippen LogP contribution < -0.4 is 0 Å². The number of aliphatic hydroxyl groups is 1. The van der Waals surface area contributed by atoms with Crippen molar-refractivity contribution in [2.45, 2.75) is 13.2 Å². The van der Waals surface area contributed by atoms with Crippen LogP contribution in [0.5, 0.6) is 0 Å². The van der Waals surface area contributed by atoms with Crippen LogP contribution in [-0.4, -0.2) is 25.3 Å². The van der Waals surface area contributed by atoms with E-state index in [-0.39, 0.29) is 6.61 Å². The normalized spacial score (nSPS) is 10.8. The van der Waals surface area contributed by atoms with Gasteiger partial charge in [0.1, 0.15) is 0 Å². The molecule has 0 bridgehead atoms. The van der Waals surface area contributed by atoms with Gasteiger partial charge in [-0.15, -0.1) is 10.2 Å². The minimum atomic E-state index is 0.0597. The van der Waals surface area contributed by atoms with Crippen molar-refractivity contribution in [2.75, 3.05) is 0 Å². The van der Waals surface area contributed by atoms with Gasteiger partial charge in [0.25, 0.3) is 0 Å². The second-order valence-corrected chi connectivity index (χ2v) is 4.91. The van der Waals surface area contributed by atoms with Crippen molar-refractivity contribution in [1.29, 1.82) is 0 Å². The molecule has 0 saturated heterocycles. The van der Waals surface area contributed by atoms with E-state index < -0.39 is 0 Å². The van der Waals surface area contributed by atoms with Gasteiger partial charge >= 0.3 is 0 Å². The molecule has 19 heavy (non-hydrogen) atoms. The second kappa shape index (κ2) is 5.29. The summed E-state index contributed by atoms with van der Waals surface area (Å²) in [5.41, 5.74) is 2.97. The summed E-state index contributed by atoms with van der Waals surface area (Å²) in [5.74, 6) is 0.647. The lowest BCUT2D eigenvalue weighted by Gasteiger charge is -2.00. The number of rotatable bonds is 4. The maximum atomic E-state index is 8.99. The molecule has 2 aromatic heterocycles. The Morgan fingerprint density at radius 2 is 1.89 bits per heavy atom. The maximum absolute atomic E-state index is 8.99. The van der Waals surface area contributed by atoms with E-state index in [2.05, 4.69) is 15.4 Å². The molecule has 0 aliphatic rings. The highest BCUT2D eigenvalue weighted by molar-refractivity contribution is 7.08. The predicted molar refractivity (Wildman–Crippen MR) is 72.6 cm³/mol. The van der Waals surface area contributed by atoms with Gasteiger partial charge in [0.15, 0.2) is 0 Å². The fraction of sp³-hybridized carbons (Fsp3) is 0.154. The highest BCUT2D eigenvalue weighted by Gasteiger charge is 2.06. The Morgan fingerprint density at radius 3 is 2.58 bits per heavy atom. The molecule has 0 spiro atoms. The molecule has 6 heteroatoms. The van der Waals surface area contributed by atoms with Crippen molar-refractivity contribution in [2.24, 2.45) is 0 Å². The summed E-state index contributed by atoms with van der Waals surface area (Å²) in [5, 5.41) is 25.4. The number of benzene rings is 1. The molecule has 1 aromatic carbocycles. The molecule has 0 unspecified atom stereocenters. The summed E-state index contributed by atoms with van der Waals surface area (Å²) in [4.78, 5) is 1.57. The zero-order valence-electron chi connectivity index (χ0n) is 10.1. The first-order chi connectivity index (χ1) is 9.35. The van der Waals surface area contributed by atoms with Crippen LogP contribution in [0.25, 0.3) is 11.4 Å². The van der Waals surface area contributed by atoms with Crippen molar-refractivity contribution in [3.05, 3.63) is 52.2 Å². The zero-order chi connectivity index (χ0) is 13.1. The van der Waals surface area contributed by atoms with Crippen LogP contribution >= 0.6 is 11.3 Å². The summed E-state index contributed by atoms with van der Waals surface area (Å²) in [6, 6.07) is 9.68. The molecular formula is C13H12N4OS. The fourth-order valence-corrected chi connectivity index (χ4v) is 2.37. The molecule has 0 atom stereocenters. The number of tetrazole rings is 1. The lowest BCUT2D eigenvalue weighted by molar-refractivity contribution is 0.282. The lowest BCUT2D eigenvalue weighted by atomic mass is 10.1. The highest BCUT2D eigenvalue weighted by Crippen LogP contribution is 2.16. The Kier molecular flexibility index (Phi) is 3.35. The van der Waals surface area contributed by atoms with E-state index in [0.717, 1.165) is 16.7 Å². The quantitative estimate of drug-likeness (QED) is 0.788. The molecule has 0 fully saturated rings. The minimum Gasteiger partial charge on any atom is -0.392 e. The van der Waals surface area contributed by atoms with E-state index >= 15 is 0 Å². The first-order valence-electron chi connectivity index (χ1n) is 5.84. The topological polar surface area (TPSA) is 63.8 Å². The smallest absolute Gasteiger partial charge is 0.205 e. The van der Waals surface area contributed by atoms with Gasteiger partial charge in [0.05, 0.1) is 13.2 Å². The van der Waals surface area contributed by atoms with Gasteiger partial charge in [0.2, 0.25) is 5.82 Å². The molecule has 3 rings (SSSR count). The monoisotopic (exact) mass is 272 g/mol. The van der Waals surface area contributed by atoms with E-state index in [1.165, 1.54) is 0 Å². The van der Waals surface area contributed by atoms with Crippen molar-refractivity contribution in [3.63, 3.8) is 0 Å². The summed E-state index contributed by atoms with van der Waals surface area (Å²) < 4.78 is 0. The van der Waals surface area contributed by atoms with Crippen LogP contribution in [0.3, 0.4) is 0 Å². The van der Waals surface area contributed by atoms with Gasteiger partial charge in [0, 0.05) is 10.9 Å². The minimum absolute atomic E-state index is 0.0597. The van der Waals surface area contributed by atoms with Crippen LogP contribution in [-0.2, 0) is 13.2 Å². The largest absolute Gasteiger partial charge is 0.392 e. The fourth-order valence-electron chi connectivity index (χ4n) is 1.73. The highest BCUT2D eigenvalue weighted by atomic mass is 32.1. The first-order valence-corrected chi connectivity index (χ1v) is 6.78. The van der Waals surface area contributed by atoms with Crippen LogP contribution in [0, 0.1) is 0 Å². The van der Waals surface area contributed by atoms with Gasteiger partial charge in [-0.1, -0.05) is 24.3 Å². The van der Waals surface area contributed by atoms with Crippen LogP contribution in [0.4, 0.5) is 0 Å². The lowest BCUT2D eigenvalue weighted by Crippen LogP contribution is -2.04. The van der Waals surface area contributed by atoms with Gasteiger partial charge in [-0.2, -0.15) is 16.1 Å². The van der Waals surface area contributed by atoms with E-state index in [0.29, 0.717) is 12.4 Å². The van der Waals surface area contributed by atoms with Crippen molar-refractivity contribution in [1.82, 2.24) is 20.2 Å².